The lowest BCUT2D eigenvalue weighted by molar-refractivity contribution is 0.843. The van der Waals surface area contributed by atoms with Crippen LogP contribution in [0.2, 0.25) is 0 Å². The van der Waals surface area contributed by atoms with Gasteiger partial charge < -0.3 is 0 Å². The summed E-state index contributed by atoms with van der Waals surface area (Å²) in [4.78, 5) is 9.75. The Hall–Kier alpha value is -0.570. The zero-order valence-corrected chi connectivity index (χ0v) is 6.34. The highest BCUT2D eigenvalue weighted by atomic mass is 32.2. The molecule has 1 unspecified atom stereocenters. The highest BCUT2D eigenvalue weighted by molar-refractivity contribution is 8.03. The van der Waals surface area contributed by atoms with Crippen LogP contribution >= 0.6 is 11.8 Å². The number of hydrogen-bond acceptors (Lipinski definition) is 3. The monoisotopic (exact) mass is 152 g/mol. The Morgan fingerprint density at radius 1 is 1.50 bits per heavy atom. The first-order chi connectivity index (χ1) is 4.97. The fourth-order valence-corrected chi connectivity index (χ4v) is 1.90. The second-order valence-corrected chi connectivity index (χ2v) is 3.35. The molecule has 2 aliphatic heterocycles. The number of rotatable bonds is 0. The van der Waals surface area contributed by atoms with Crippen molar-refractivity contribution in [2.45, 2.75) is 12.5 Å². The smallest absolute Gasteiger partial charge is 0.0868 e. The van der Waals surface area contributed by atoms with Crippen molar-refractivity contribution in [3.05, 3.63) is 11.1 Å². The predicted octanol–water partition coefficient (Wildman–Crippen LogP) is 1.49. The van der Waals surface area contributed by atoms with Crippen LogP contribution < -0.4 is 0 Å². The molecule has 0 N–H and O–H groups in total. The normalized spacial score (nSPS) is 29.6. The Morgan fingerprint density at radius 2 is 2.50 bits per heavy atom. The summed E-state index contributed by atoms with van der Waals surface area (Å²) in [5.41, 5.74) is 0. The average molecular weight is 152 g/mol. The van der Waals surface area contributed by atoms with Gasteiger partial charge in [0, 0.05) is 35.7 Å². The quantitative estimate of drug-likeness (QED) is 0.516. The van der Waals surface area contributed by atoms with Gasteiger partial charge in [-0.05, 0) is 0 Å². The number of nitrogens with zero attached hydrogens (tertiary/aromatic N) is 2. The Kier molecular flexibility index (Phi) is 1.59. The summed E-state index contributed by atoms with van der Waals surface area (Å²) in [6, 6.07) is 0.399. The van der Waals surface area contributed by atoms with Crippen LogP contribution in [0.25, 0.3) is 0 Å². The minimum absolute atomic E-state index is 0.399. The summed E-state index contributed by atoms with van der Waals surface area (Å²) in [6.07, 6.45) is 6.83. The summed E-state index contributed by atoms with van der Waals surface area (Å²) < 4.78 is 0. The van der Waals surface area contributed by atoms with Gasteiger partial charge >= 0.3 is 0 Å². The summed E-state index contributed by atoms with van der Waals surface area (Å²) in [5.74, 6) is 1.01. The first-order valence-electron chi connectivity index (χ1n) is 3.33. The van der Waals surface area contributed by atoms with Crippen molar-refractivity contribution in [3.63, 3.8) is 0 Å². The topological polar surface area (TPSA) is 24.7 Å². The van der Waals surface area contributed by atoms with E-state index in [0.717, 1.165) is 12.2 Å². The number of hydrogen-bond donors (Lipinski definition) is 0. The summed E-state index contributed by atoms with van der Waals surface area (Å²) >= 11 is 1.85. The van der Waals surface area contributed by atoms with Crippen LogP contribution in [0.5, 0.6) is 0 Å². The fourth-order valence-electron chi connectivity index (χ4n) is 1.06. The van der Waals surface area contributed by atoms with Crippen molar-refractivity contribution < 1.29 is 0 Å². The molecule has 0 saturated carbocycles. The molecule has 0 aromatic carbocycles. The second-order valence-electron chi connectivity index (χ2n) is 2.26. The lowest BCUT2D eigenvalue weighted by atomic mass is 10.2. The zero-order valence-electron chi connectivity index (χ0n) is 5.53. The van der Waals surface area contributed by atoms with Crippen LogP contribution in [0.3, 0.4) is 0 Å². The highest BCUT2D eigenvalue weighted by Gasteiger charge is 2.16. The maximum atomic E-state index is 4.35. The van der Waals surface area contributed by atoms with E-state index in [2.05, 4.69) is 9.98 Å². The summed E-state index contributed by atoms with van der Waals surface area (Å²) in [5, 5.41) is 0. The molecule has 0 aliphatic carbocycles. The van der Waals surface area contributed by atoms with Crippen molar-refractivity contribution in [1.29, 1.82) is 0 Å². The molecule has 0 fully saturated rings. The number of thioether (sulfide) groups is 1. The minimum atomic E-state index is 0.399. The van der Waals surface area contributed by atoms with E-state index in [0.29, 0.717) is 6.04 Å². The predicted molar refractivity (Wildman–Crippen MR) is 45.9 cm³/mol. The van der Waals surface area contributed by atoms with Gasteiger partial charge in [-0.15, -0.1) is 11.8 Å². The van der Waals surface area contributed by atoms with E-state index < -0.39 is 0 Å². The van der Waals surface area contributed by atoms with Gasteiger partial charge in [0.15, 0.2) is 0 Å². The van der Waals surface area contributed by atoms with Gasteiger partial charge in [-0.3, -0.25) is 9.98 Å². The molecular weight excluding hydrogens is 144 g/mol. The second kappa shape index (κ2) is 2.58. The third-order valence-electron chi connectivity index (χ3n) is 1.57. The molecule has 0 saturated heterocycles. The zero-order chi connectivity index (χ0) is 6.81. The molecule has 3 heteroatoms. The molecule has 0 amide bonds. The van der Waals surface area contributed by atoms with Crippen LogP contribution in [-0.4, -0.2) is 24.2 Å². The first kappa shape index (κ1) is 6.16. The average Bonchev–Trinajstić information content (AvgIpc) is 2.05. The summed E-state index contributed by atoms with van der Waals surface area (Å²) in [6.45, 7) is 0. The lowest BCUT2D eigenvalue weighted by Gasteiger charge is -2.18. The molecule has 10 heavy (non-hydrogen) atoms. The lowest BCUT2D eigenvalue weighted by Crippen LogP contribution is -2.14. The number of fused-ring (bicyclic) bond motifs is 1. The van der Waals surface area contributed by atoms with Crippen LogP contribution in [0.15, 0.2) is 21.1 Å². The molecule has 52 valence electrons. The van der Waals surface area contributed by atoms with E-state index in [1.807, 2.05) is 30.4 Å². The summed E-state index contributed by atoms with van der Waals surface area (Å²) in [7, 11) is 0. The van der Waals surface area contributed by atoms with Gasteiger partial charge in [-0.1, -0.05) is 0 Å². The Balaban J connectivity index is 2.26. The highest BCUT2D eigenvalue weighted by Crippen LogP contribution is 2.27. The largest absolute Gasteiger partial charge is 0.288 e. The SMILES string of the molecule is C1=NC=C2SCC=NC2C1. The molecule has 0 radical (unpaired) electrons. The van der Waals surface area contributed by atoms with E-state index in [9.17, 15) is 0 Å². The van der Waals surface area contributed by atoms with Gasteiger partial charge in [0.2, 0.25) is 0 Å². The van der Waals surface area contributed by atoms with E-state index in [-0.39, 0.29) is 0 Å². The van der Waals surface area contributed by atoms with Gasteiger partial charge in [0.1, 0.15) is 0 Å². The molecule has 2 heterocycles. The van der Waals surface area contributed by atoms with Gasteiger partial charge in [-0.25, -0.2) is 0 Å². The van der Waals surface area contributed by atoms with Crippen molar-refractivity contribution in [2.24, 2.45) is 9.98 Å². The third-order valence-corrected chi connectivity index (χ3v) is 2.60. The van der Waals surface area contributed by atoms with E-state index in [4.69, 9.17) is 0 Å². The maximum Gasteiger partial charge on any atom is 0.0868 e. The molecule has 2 nitrogen and oxygen atoms in total. The molecular formula is C7H8N2S. The van der Waals surface area contributed by atoms with Crippen molar-refractivity contribution >= 4 is 24.2 Å². The van der Waals surface area contributed by atoms with Crippen LogP contribution in [0, 0.1) is 0 Å². The van der Waals surface area contributed by atoms with Crippen LogP contribution in [0.1, 0.15) is 6.42 Å². The third kappa shape index (κ3) is 1.01. The van der Waals surface area contributed by atoms with Crippen molar-refractivity contribution in [2.75, 3.05) is 5.75 Å². The number of aliphatic imine (C=N–C) groups is 2. The van der Waals surface area contributed by atoms with Gasteiger partial charge in [0.05, 0.1) is 6.04 Å². The van der Waals surface area contributed by atoms with E-state index in [1.165, 1.54) is 4.91 Å². The standard InChI is InChI=1S/C7H8N2S/c1-2-8-5-7-6(1)9-3-4-10-7/h2-3,5-6H,1,4H2. The Labute approximate surface area is 64.1 Å². The van der Waals surface area contributed by atoms with Crippen molar-refractivity contribution in [3.8, 4) is 0 Å². The molecule has 0 spiro atoms. The van der Waals surface area contributed by atoms with Gasteiger partial charge in [0.25, 0.3) is 0 Å². The van der Waals surface area contributed by atoms with Crippen LogP contribution in [0.4, 0.5) is 0 Å². The van der Waals surface area contributed by atoms with Crippen LogP contribution in [-0.2, 0) is 0 Å². The van der Waals surface area contributed by atoms with E-state index in [1.54, 1.807) is 0 Å². The molecule has 0 bridgehead atoms. The van der Waals surface area contributed by atoms with Crippen molar-refractivity contribution in [1.82, 2.24) is 0 Å². The molecule has 1 atom stereocenters. The Bertz CT molecular complexity index is 218. The Morgan fingerprint density at radius 3 is 3.40 bits per heavy atom. The molecule has 2 aliphatic rings. The molecule has 2 rings (SSSR count). The fraction of sp³-hybridized carbons (Fsp3) is 0.429. The maximum absolute atomic E-state index is 4.35. The van der Waals surface area contributed by atoms with E-state index >= 15 is 0 Å². The first-order valence-corrected chi connectivity index (χ1v) is 4.31. The van der Waals surface area contributed by atoms with Gasteiger partial charge in [-0.2, -0.15) is 0 Å². The molecule has 0 aromatic heterocycles. The molecule has 0 aromatic rings. The minimum Gasteiger partial charge on any atom is -0.288 e.